The molecule has 0 spiro atoms. The van der Waals surface area contributed by atoms with Crippen LogP contribution in [-0.4, -0.2) is 62.1 Å². The van der Waals surface area contributed by atoms with Crippen molar-refractivity contribution in [1.29, 1.82) is 0 Å². The van der Waals surface area contributed by atoms with Gasteiger partial charge in [-0.1, -0.05) is 23.2 Å². The molecule has 1 fully saturated rings. The Morgan fingerprint density at radius 3 is 2.47 bits per heavy atom. The second-order valence-corrected chi connectivity index (χ2v) is 8.37. The normalized spacial score (nSPS) is 20.4. The van der Waals surface area contributed by atoms with Gasteiger partial charge in [-0.05, 0) is 0 Å². The number of hydrogen-bond acceptors (Lipinski definition) is 7. The predicted molar refractivity (Wildman–Crippen MR) is 107 cm³/mol. The molecule has 0 aliphatic carbocycles. The SMILES string of the molecule is CC(=O)OCC1=C(C(=O)O)N2C(=O)[C@H](NC(=O)Cn3cc(Cl)c(=O)c(Cl)c3)[C@@H]2SC1. The summed E-state index contributed by atoms with van der Waals surface area (Å²) < 4.78 is 6.16. The first kappa shape index (κ1) is 22.2. The summed E-state index contributed by atoms with van der Waals surface area (Å²) in [5.74, 6) is -2.80. The highest BCUT2D eigenvalue weighted by molar-refractivity contribution is 8.00. The maximum absolute atomic E-state index is 12.5. The molecule has 0 radical (unpaired) electrons. The number of β-lactam (4-membered cyclic amide) rings is 1. The molecule has 13 heteroatoms. The molecule has 2 N–H and O–H groups in total. The number of amides is 2. The number of aromatic nitrogens is 1. The number of esters is 1. The van der Waals surface area contributed by atoms with Crippen LogP contribution in [0.2, 0.25) is 10.0 Å². The van der Waals surface area contributed by atoms with Gasteiger partial charge in [0.1, 0.15) is 40.3 Å². The summed E-state index contributed by atoms with van der Waals surface area (Å²) in [5.41, 5.74) is -0.500. The Kier molecular flexibility index (Phi) is 6.44. The number of fused-ring (bicyclic) bond motifs is 1. The van der Waals surface area contributed by atoms with E-state index in [1.165, 1.54) is 35.6 Å². The van der Waals surface area contributed by atoms with E-state index in [0.717, 1.165) is 4.90 Å². The lowest BCUT2D eigenvalue weighted by Crippen LogP contribution is -2.70. The second-order valence-electron chi connectivity index (χ2n) is 6.45. The lowest BCUT2D eigenvalue weighted by atomic mass is 10.0. The van der Waals surface area contributed by atoms with Crippen molar-refractivity contribution < 1.29 is 29.0 Å². The van der Waals surface area contributed by atoms with Crippen LogP contribution in [0.3, 0.4) is 0 Å². The van der Waals surface area contributed by atoms with Crippen molar-refractivity contribution in [2.75, 3.05) is 12.4 Å². The maximum atomic E-state index is 12.5. The molecule has 0 aromatic carbocycles. The highest BCUT2D eigenvalue weighted by atomic mass is 35.5. The van der Waals surface area contributed by atoms with Crippen molar-refractivity contribution in [3.63, 3.8) is 0 Å². The summed E-state index contributed by atoms with van der Waals surface area (Å²) in [7, 11) is 0. The minimum absolute atomic E-state index is 0.152. The zero-order valence-electron chi connectivity index (χ0n) is 15.4. The summed E-state index contributed by atoms with van der Waals surface area (Å²) in [6, 6.07) is -0.919. The molecule has 1 saturated heterocycles. The number of carboxylic acids is 1. The molecular formula is C17H15Cl2N3O7S. The molecule has 3 heterocycles. The number of halogens is 2. The average molecular weight is 476 g/mol. The molecule has 2 aliphatic rings. The van der Waals surface area contributed by atoms with Gasteiger partial charge in [0.2, 0.25) is 11.3 Å². The van der Waals surface area contributed by atoms with Crippen LogP contribution in [0.25, 0.3) is 0 Å². The molecule has 10 nitrogen and oxygen atoms in total. The smallest absolute Gasteiger partial charge is 0.352 e. The topological polar surface area (TPSA) is 135 Å². The van der Waals surface area contributed by atoms with Gasteiger partial charge in [-0.2, -0.15) is 0 Å². The number of nitrogens with zero attached hydrogens (tertiary/aromatic N) is 2. The van der Waals surface area contributed by atoms with Crippen LogP contribution < -0.4 is 10.7 Å². The highest BCUT2D eigenvalue weighted by Crippen LogP contribution is 2.40. The number of thioether (sulfide) groups is 1. The molecular weight excluding hydrogens is 461 g/mol. The van der Waals surface area contributed by atoms with Gasteiger partial charge >= 0.3 is 11.9 Å². The Morgan fingerprint density at radius 1 is 1.27 bits per heavy atom. The number of carboxylic acid groups (broad SMARTS) is 1. The van der Waals surface area contributed by atoms with Crippen LogP contribution in [-0.2, 0) is 30.5 Å². The maximum Gasteiger partial charge on any atom is 0.352 e. The quantitative estimate of drug-likeness (QED) is 0.447. The Morgan fingerprint density at radius 2 is 1.90 bits per heavy atom. The van der Waals surface area contributed by atoms with Crippen molar-refractivity contribution in [3.8, 4) is 0 Å². The molecule has 2 amide bonds. The molecule has 1 aromatic rings. The van der Waals surface area contributed by atoms with E-state index in [2.05, 4.69) is 5.32 Å². The van der Waals surface area contributed by atoms with E-state index in [4.69, 9.17) is 27.9 Å². The Labute approximate surface area is 183 Å². The first-order valence-electron chi connectivity index (χ1n) is 8.48. The van der Waals surface area contributed by atoms with Gasteiger partial charge < -0.3 is 19.7 Å². The Bertz CT molecular complexity index is 1010. The lowest BCUT2D eigenvalue weighted by molar-refractivity contribution is -0.151. The van der Waals surface area contributed by atoms with Crippen LogP contribution in [0.15, 0.2) is 28.5 Å². The van der Waals surface area contributed by atoms with Gasteiger partial charge in [0.25, 0.3) is 5.91 Å². The fourth-order valence-electron chi connectivity index (χ4n) is 3.02. The van der Waals surface area contributed by atoms with Gasteiger partial charge in [0.05, 0.1) is 0 Å². The molecule has 160 valence electrons. The summed E-state index contributed by atoms with van der Waals surface area (Å²) in [4.78, 5) is 60.2. The minimum atomic E-state index is -1.32. The molecule has 0 saturated carbocycles. The van der Waals surface area contributed by atoms with E-state index < -0.39 is 40.6 Å². The molecule has 1 aromatic heterocycles. The predicted octanol–water partition coefficient (Wildman–Crippen LogP) is 0.457. The van der Waals surface area contributed by atoms with Gasteiger partial charge in [-0.25, -0.2) is 4.79 Å². The number of pyridine rings is 1. The van der Waals surface area contributed by atoms with E-state index in [-0.39, 0.29) is 34.6 Å². The van der Waals surface area contributed by atoms with Crippen LogP contribution in [0.5, 0.6) is 0 Å². The third-order valence-corrected chi connectivity index (χ3v) is 6.21. The zero-order chi connectivity index (χ0) is 22.2. The standard InChI is InChI=1S/C17H15Cl2N3O7S/c1-7(23)29-5-8-6-30-16-12(15(26)22(16)13(8)17(27)28)20-11(24)4-21-2-9(18)14(25)10(19)3-21/h2-3,12,16H,4-6H2,1H3,(H,20,24)(H,27,28)/t12-,16-/m0/s1. The lowest BCUT2D eigenvalue weighted by Gasteiger charge is -2.49. The first-order valence-corrected chi connectivity index (χ1v) is 10.3. The largest absolute Gasteiger partial charge is 0.477 e. The van der Waals surface area contributed by atoms with Crippen molar-refractivity contribution in [2.24, 2.45) is 0 Å². The average Bonchev–Trinajstić information content (AvgIpc) is 2.67. The molecule has 3 rings (SSSR count). The van der Waals surface area contributed by atoms with E-state index in [1.54, 1.807) is 0 Å². The number of aliphatic carboxylic acids is 1. The van der Waals surface area contributed by atoms with Gasteiger partial charge in [0, 0.05) is 30.6 Å². The van der Waals surface area contributed by atoms with Crippen LogP contribution in [0.4, 0.5) is 0 Å². The highest BCUT2D eigenvalue weighted by Gasteiger charge is 2.54. The van der Waals surface area contributed by atoms with E-state index in [9.17, 15) is 29.1 Å². The number of rotatable bonds is 6. The van der Waals surface area contributed by atoms with Gasteiger partial charge in [-0.15, -0.1) is 11.8 Å². The number of nitrogens with one attached hydrogen (secondary N) is 1. The van der Waals surface area contributed by atoms with Crippen molar-refractivity contribution >= 4 is 58.7 Å². The summed E-state index contributed by atoms with van der Waals surface area (Å²) in [6.07, 6.45) is 2.48. The fourth-order valence-corrected chi connectivity index (χ4v) is 4.85. The van der Waals surface area contributed by atoms with Crippen molar-refractivity contribution in [1.82, 2.24) is 14.8 Å². The fraction of sp³-hybridized carbons (Fsp3) is 0.353. The molecule has 0 unspecified atom stereocenters. The number of ether oxygens (including phenoxy) is 1. The second kappa shape index (κ2) is 8.70. The van der Waals surface area contributed by atoms with E-state index >= 15 is 0 Å². The number of hydrogen-bond donors (Lipinski definition) is 2. The molecule has 2 atom stereocenters. The molecule has 0 bridgehead atoms. The van der Waals surface area contributed by atoms with Crippen LogP contribution in [0.1, 0.15) is 6.92 Å². The first-order chi connectivity index (χ1) is 14.1. The van der Waals surface area contributed by atoms with Gasteiger partial charge in [0.15, 0.2) is 0 Å². The molecule has 2 aliphatic heterocycles. The van der Waals surface area contributed by atoms with E-state index in [0.29, 0.717) is 5.57 Å². The zero-order valence-corrected chi connectivity index (χ0v) is 17.7. The van der Waals surface area contributed by atoms with Crippen LogP contribution >= 0.6 is 35.0 Å². The van der Waals surface area contributed by atoms with Crippen molar-refractivity contribution in [3.05, 3.63) is 43.9 Å². The summed E-state index contributed by atoms with van der Waals surface area (Å²) >= 11 is 12.8. The summed E-state index contributed by atoms with van der Waals surface area (Å²) in [5, 5.41) is 11.2. The van der Waals surface area contributed by atoms with Crippen molar-refractivity contribution in [2.45, 2.75) is 24.9 Å². The number of carbonyl (C=O) groups excluding carboxylic acids is 3. The minimum Gasteiger partial charge on any atom is -0.477 e. The van der Waals surface area contributed by atoms with E-state index in [1.807, 2.05) is 0 Å². The number of carbonyl (C=O) groups is 4. The molecule has 30 heavy (non-hydrogen) atoms. The van der Waals surface area contributed by atoms with Gasteiger partial charge in [-0.3, -0.25) is 24.1 Å². The third kappa shape index (κ3) is 4.32. The monoisotopic (exact) mass is 475 g/mol. The summed E-state index contributed by atoms with van der Waals surface area (Å²) in [6.45, 7) is 0.717. The van der Waals surface area contributed by atoms with Crippen LogP contribution in [0, 0.1) is 0 Å². The third-order valence-electron chi connectivity index (χ3n) is 4.33. The Hall–Kier alpha value is -2.50. The Balaban J connectivity index is 1.70.